The number of likely N-dealkylation sites (tertiary alicyclic amines) is 1. The van der Waals surface area contributed by atoms with E-state index in [-0.39, 0.29) is 18.0 Å². The molecular formula is C16H24N6O2. The van der Waals surface area contributed by atoms with Crippen LogP contribution in [0.15, 0.2) is 23.2 Å². The van der Waals surface area contributed by atoms with Crippen molar-refractivity contribution in [1.82, 2.24) is 24.8 Å². The molecule has 1 amide bonds. The molecule has 0 unspecified atom stereocenters. The van der Waals surface area contributed by atoms with Gasteiger partial charge in [0.25, 0.3) is 0 Å². The van der Waals surface area contributed by atoms with Gasteiger partial charge in [-0.1, -0.05) is 18.5 Å². The maximum Gasteiger partial charge on any atom is 0.242 e. The number of piperidine rings is 1. The molecule has 1 aliphatic rings. The van der Waals surface area contributed by atoms with E-state index >= 15 is 0 Å². The van der Waals surface area contributed by atoms with Crippen LogP contribution in [0.25, 0.3) is 0 Å². The molecular weight excluding hydrogens is 308 g/mol. The summed E-state index contributed by atoms with van der Waals surface area (Å²) in [5.74, 6) is 1.12. The highest BCUT2D eigenvalue weighted by molar-refractivity contribution is 5.94. The van der Waals surface area contributed by atoms with Gasteiger partial charge in [0.15, 0.2) is 5.82 Å². The molecule has 3 heterocycles. The van der Waals surface area contributed by atoms with Crippen LogP contribution in [0.3, 0.4) is 0 Å². The van der Waals surface area contributed by atoms with Gasteiger partial charge in [-0.05, 0) is 32.7 Å². The van der Waals surface area contributed by atoms with Crippen molar-refractivity contribution in [1.29, 1.82) is 0 Å². The Kier molecular flexibility index (Phi) is 5.24. The fourth-order valence-corrected chi connectivity index (χ4v) is 3.38. The highest BCUT2D eigenvalue weighted by Gasteiger charge is 2.32. The van der Waals surface area contributed by atoms with E-state index in [0.29, 0.717) is 11.6 Å². The minimum Gasteiger partial charge on any atom is -0.360 e. The number of nitrogens with one attached hydrogen (secondary N) is 1. The summed E-state index contributed by atoms with van der Waals surface area (Å²) in [6.07, 6.45) is 7.37. The summed E-state index contributed by atoms with van der Waals surface area (Å²) in [5, 5.41) is 10.9. The number of aromatic nitrogens is 4. The zero-order chi connectivity index (χ0) is 16.9. The molecule has 1 saturated heterocycles. The fraction of sp³-hybridized carbons (Fsp3) is 0.625. The number of hydrogen-bond acceptors (Lipinski definition) is 6. The van der Waals surface area contributed by atoms with Gasteiger partial charge in [0.2, 0.25) is 5.91 Å². The summed E-state index contributed by atoms with van der Waals surface area (Å²) in [4.78, 5) is 19.0. The van der Waals surface area contributed by atoms with Crippen LogP contribution < -0.4 is 5.32 Å². The van der Waals surface area contributed by atoms with Gasteiger partial charge in [0.1, 0.15) is 18.4 Å². The van der Waals surface area contributed by atoms with Crippen LogP contribution in [0.1, 0.15) is 38.4 Å². The molecule has 0 aromatic carbocycles. The first-order valence-electron chi connectivity index (χ1n) is 8.49. The van der Waals surface area contributed by atoms with E-state index in [0.717, 1.165) is 32.4 Å². The molecule has 130 valence electrons. The first-order valence-corrected chi connectivity index (χ1v) is 8.49. The van der Waals surface area contributed by atoms with Gasteiger partial charge in [-0.2, -0.15) is 5.10 Å². The number of hydrogen-bond donors (Lipinski definition) is 1. The second-order valence-corrected chi connectivity index (χ2v) is 6.24. The lowest BCUT2D eigenvalue weighted by molar-refractivity contribution is -0.123. The number of nitrogens with zero attached hydrogens (tertiary/aromatic N) is 5. The Morgan fingerprint density at radius 3 is 3.04 bits per heavy atom. The largest absolute Gasteiger partial charge is 0.360 e. The lowest BCUT2D eigenvalue weighted by Gasteiger charge is -2.40. The molecule has 2 aromatic rings. The lowest BCUT2D eigenvalue weighted by atomic mass is 9.98. The van der Waals surface area contributed by atoms with Crippen molar-refractivity contribution in [3.63, 3.8) is 0 Å². The van der Waals surface area contributed by atoms with Crippen LogP contribution in [0.5, 0.6) is 0 Å². The number of anilines is 1. The van der Waals surface area contributed by atoms with Crippen molar-refractivity contribution in [2.24, 2.45) is 0 Å². The van der Waals surface area contributed by atoms with E-state index in [1.807, 2.05) is 11.6 Å². The Morgan fingerprint density at radius 2 is 2.38 bits per heavy atom. The van der Waals surface area contributed by atoms with Gasteiger partial charge >= 0.3 is 0 Å². The molecule has 3 rings (SSSR count). The summed E-state index contributed by atoms with van der Waals surface area (Å²) in [6.45, 7) is 5.52. The van der Waals surface area contributed by atoms with Gasteiger partial charge in [0.05, 0.1) is 12.6 Å². The maximum atomic E-state index is 12.7. The molecule has 8 nitrogen and oxygen atoms in total. The molecule has 0 spiro atoms. The SMILES string of the molecule is CC[C@@H](C(=O)Nc1cc(C)on1)N1CCCC[C@@H]1Cn1cncn1. The van der Waals surface area contributed by atoms with Crippen LogP contribution in [-0.4, -0.2) is 49.4 Å². The third-order valence-electron chi connectivity index (χ3n) is 4.51. The summed E-state index contributed by atoms with van der Waals surface area (Å²) in [5.41, 5.74) is 0. The number of carbonyl (C=O) groups excluding carboxylic acids is 1. The van der Waals surface area contributed by atoms with Crippen molar-refractivity contribution in [2.75, 3.05) is 11.9 Å². The Balaban J connectivity index is 1.70. The summed E-state index contributed by atoms with van der Waals surface area (Å²) >= 11 is 0. The van der Waals surface area contributed by atoms with E-state index in [2.05, 4.69) is 25.5 Å². The van der Waals surface area contributed by atoms with Crippen LogP contribution >= 0.6 is 0 Å². The minimum atomic E-state index is -0.184. The molecule has 0 saturated carbocycles. The highest BCUT2D eigenvalue weighted by Crippen LogP contribution is 2.23. The molecule has 1 N–H and O–H groups in total. The average Bonchev–Trinajstić information content (AvgIpc) is 3.21. The van der Waals surface area contributed by atoms with Gasteiger partial charge in [-0.25, -0.2) is 4.98 Å². The molecule has 24 heavy (non-hydrogen) atoms. The van der Waals surface area contributed by atoms with Crippen LogP contribution in [-0.2, 0) is 11.3 Å². The van der Waals surface area contributed by atoms with E-state index in [1.54, 1.807) is 25.6 Å². The third kappa shape index (κ3) is 3.81. The van der Waals surface area contributed by atoms with Gasteiger partial charge in [-0.15, -0.1) is 0 Å². The monoisotopic (exact) mass is 332 g/mol. The first-order chi connectivity index (χ1) is 11.7. The number of carbonyl (C=O) groups is 1. The zero-order valence-electron chi connectivity index (χ0n) is 14.2. The predicted molar refractivity (Wildman–Crippen MR) is 88.3 cm³/mol. The number of aryl methyl sites for hydroxylation is 1. The average molecular weight is 332 g/mol. The number of rotatable bonds is 6. The smallest absolute Gasteiger partial charge is 0.242 e. The second kappa shape index (κ2) is 7.57. The van der Waals surface area contributed by atoms with Crippen molar-refractivity contribution in [3.05, 3.63) is 24.5 Å². The topological polar surface area (TPSA) is 89.1 Å². The summed E-state index contributed by atoms with van der Waals surface area (Å²) in [6, 6.07) is 1.83. The van der Waals surface area contributed by atoms with Crippen molar-refractivity contribution in [2.45, 2.75) is 58.2 Å². The van der Waals surface area contributed by atoms with Gasteiger partial charge in [-0.3, -0.25) is 14.4 Å². The zero-order valence-corrected chi connectivity index (χ0v) is 14.2. The van der Waals surface area contributed by atoms with Crippen molar-refractivity contribution >= 4 is 11.7 Å². The normalized spacial score (nSPS) is 20.0. The molecule has 0 aliphatic carbocycles. The maximum absolute atomic E-state index is 12.7. The Bertz CT molecular complexity index is 653. The van der Waals surface area contributed by atoms with E-state index in [4.69, 9.17) is 4.52 Å². The van der Waals surface area contributed by atoms with Crippen molar-refractivity contribution in [3.8, 4) is 0 Å². The Labute approximate surface area is 141 Å². The molecule has 1 aliphatic heterocycles. The van der Waals surface area contributed by atoms with Crippen LogP contribution in [0.4, 0.5) is 5.82 Å². The Morgan fingerprint density at radius 1 is 1.50 bits per heavy atom. The molecule has 2 atom stereocenters. The quantitative estimate of drug-likeness (QED) is 0.868. The fourth-order valence-electron chi connectivity index (χ4n) is 3.38. The summed E-state index contributed by atoms with van der Waals surface area (Å²) < 4.78 is 6.86. The summed E-state index contributed by atoms with van der Waals surface area (Å²) in [7, 11) is 0. The van der Waals surface area contributed by atoms with Crippen molar-refractivity contribution < 1.29 is 9.32 Å². The van der Waals surface area contributed by atoms with Crippen LogP contribution in [0, 0.1) is 6.92 Å². The van der Waals surface area contributed by atoms with E-state index in [9.17, 15) is 4.79 Å². The van der Waals surface area contributed by atoms with Gasteiger partial charge < -0.3 is 9.84 Å². The molecule has 0 radical (unpaired) electrons. The van der Waals surface area contributed by atoms with E-state index < -0.39 is 0 Å². The standard InChI is InChI=1S/C16H24N6O2/c1-3-14(16(23)19-15-8-12(2)24-20-15)22-7-5-4-6-13(22)9-21-11-17-10-18-21/h8,10-11,13-14H,3-7,9H2,1-2H3,(H,19,20,23)/t13-,14+/m1/s1. The van der Waals surface area contributed by atoms with E-state index in [1.165, 1.54) is 6.42 Å². The first kappa shape index (κ1) is 16.6. The Hall–Kier alpha value is -2.22. The lowest BCUT2D eigenvalue weighted by Crippen LogP contribution is -2.52. The van der Waals surface area contributed by atoms with Crippen LogP contribution in [0.2, 0.25) is 0 Å². The predicted octanol–water partition coefficient (Wildman–Crippen LogP) is 1.85. The van der Waals surface area contributed by atoms with Gasteiger partial charge in [0, 0.05) is 12.1 Å². The number of amides is 1. The minimum absolute atomic E-state index is 0.0312. The molecule has 0 bridgehead atoms. The molecule has 2 aromatic heterocycles. The highest BCUT2D eigenvalue weighted by atomic mass is 16.5. The molecule has 1 fully saturated rings. The second-order valence-electron chi connectivity index (χ2n) is 6.24. The molecule has 8 heteroatoms. The third-order valence-corrected chi connectivity index (χ3v) is 4.51.